The lowest BCUT2D eigenvalue weighted by atomic mass is 9.72. The average molecular weight is 393 g/mol. The van der Waals surface area contributed by atoms with Gasteiger partial charge in [0.2, 0.25) is 0 Å². The summed E-state index contributed by atoms with van der Waals surface area (Å²) in [6.45, 7) is 5.88. The number of carboxylic acid groups (broad SMARTS) is 1. The van der Waals surface area contributed by atoms with Crippen LogP contribution in [0.25, 0.3) is 21.9 Å². The Labute approximate surface area is 169 Å². The number of aliphatic carboxylic acids is 1. The van der Waals surface area contributed by atoms with Crippen molar-refractivity contribution in [3.63, 3.8) is 0 Å². The van der Waals surface area contributed by atoms with Gasteiger partial charge in [-0.05, 0) is 72.5 Å². The first-order valence-corrected chi connectivity index (χ1v) is 9.92. The summed E-state index contributed by atoms with van der Waals surface area (Å²) in [6, 6.07) is 10.3. The van der Waals surface area contributed by atoms with Gasteiger partial charge in [0.1, 0.15) is 11.6 Å². The molecular formula is C24H24FNO3. The van der Waals surface area contributed by atoms with E-state index in [1.54, 1.807) is 25.1 Å². The van der Waals surface area contributed by atoms with Crippen LogP contribution < -0.4 is 0 Å². The van der Waals surface area contributed by atoms with Crippen molar-refractivity contribution in [3.8, 4) is 16.9 Å². The summed E-state index contributed by atoms with van der Waals surface area (Å²) in [6.07, 6.45) is 1.11. The Morgan fingerprint density at radius 3 is 2.48 bits per heavy atom. The van der Waals surface area contributed by atoms with E-state index in [1.165, 1.54) is 6.07 Å². The molecular weight excluding hydrogens is 369 g/mol. The quantitative estimate of drug-likeness (QED) is 0.591. The lowest BCUT2D eigenvalue weighted by molar-refractivity contribution is -0.145. The summed E-state index contributed by atoms with van der Waals surface area (Å²) in [5.74, 6) is -1.02. The third-order valence-corrected chi connectivity index (χ3v) is 5.91. The molecule has 0 bridgehead atoms. The van der Waals surface area contributed by atoms with Gasteiger partial charge in [-0.15, -0.1) is 0 Å². The van der Waals surface area contributed by atoms with Crippen molar-refractivity contribution in [1.29, 1.82) is 0 Å². The van der Waals surface area contributed by atoms with Crippen LogP contribution in [0.4, 0.5) is 4.39 Å². The van der Waals surface area contributed by atoms with Crippen molar-refractivity contribution in [2.24, 2.45) is 5.92 Å². The molecule has 4 rings (SSSR count). The minimum Gasteiger partial charge on any atom is -0.508 e. The summed E-state index contributed by atoms with van der Waals surface area (Å²) in [5.41, 5.74) is 4.15. The third kappa shape index (κ3) is 3.35. The summed E-state index contributed by atoms with van der Waals surface area (Å²) in [7, 11) is 0. The van der Waals surface area contributed by atoms with E-state index in [0.29, 0.717) is 18.4 Å². The number of pyridine rings is 1. The fourth-order valence-corrected chi connectivity index (χ4v) is 4.22. The second kappa shape index (κ2) is 7.14. The van der Waals surface area contributed by atoms with Crippen molar-refractivity contribution in [2.75, 3.05) is 0 Å². The topological polar surface area (TPSA) is 70.4 Å². The zero-order valence-corrected chi connectivity index (χ0v) is 16.7. The van der Waals surface area contributed by atoms with Crippen LogP contribution in [0.3, 0.4) is 0 Å². The molecule has 1 aromatic heterocycles. The standard InChI is InChI=1S/C24H24FNO3/c1-12(2)22-21(14-4-7-20(25)13(3)8-14)18-6-5-17(27)11-19(18)23(26-22)15-9-16(10-15)24(28)29/h4-8,11-12,15-16,27H,9-10H2,1-3H3,(H,28,29). The monoisotopic (exact) mass is 393 g/mol. The Morgan fingerprint density at radius 1 is 1.14 bits per heavy atom. The molecule has 1 aliphatic carbocycles. The van der Waals surface area contributed by atoms with Crippen LogP contribution in [0.1, 0.15) is 55.5 Å². The number of nitrogens with zero attached hydrogens (tertiary/aromatic N) is 1. The van der Waals surface area contributed by atoms with Gasteiger partial charge in [-0.25, -0.2) is 4.39 Å². The number of aryl methyl sites for hydroxylation is 1. The first-order valence-electron chi connectivity index (χ1n) is 9.92. The van der Waals surface area contributed by atoms with E-state index in [9.17, 15) is 19.4 Å². The second-order valence-electron chi connectivity index (χ2n) is 8.31. The van der Waals surface area contributed by atoms with Crippen molar-refractivity contribution < 1.29 is 19.4 Å². The van der Waals surface area contributed by atoms with Crippen molar-refractivity contribution in [2.45, 2.75) is 45.4 Å². The first kappa shape index (κ1) is 19.4. The Kier molecular flexibility index (Phi) is 4.77. The first-order chi connectivity index (χ1) is 13.8. The highest BCUT2D eigenvalue weighted by atomic mass is 19.1. The number of aromatic nitrogens is 1. The molecule has 0 spiro atoms. The molecule has 0 saturated heterocycles. The number of phenolic OH excluding ortho intramolecular Hbond substituents is 1. The lowest BCUT2D eigenvalue weighted by Crippen LogP contribution is -2.29. The number of hydrogen-bond acceptors (Lipinski definition) is 3. The summed E-state index contributed by atoms with van der Waals surface area (Å²) in [4.78, 5) is 16.2. The molecule has 2 aromatic carbocycles. The van der Waals surface area contributed by atoms with E-state index in [2.05, 4.69) is 13.8 Å². The number of rotatable bonds is 4. The van der Waals surface area contributed by atoms with Crippen LogP contribution in [0.15, 0.2) is 36.4 Å². The van der Waals surface area contributed by atoms with Crippen LogP contribution in [-0.2, 0) is 4.79 Å². The van der Waals surface area contributed by atoms with E-state index in [4.69, 9.17) is 4.98 Å². The van der Waals surface area contributed by atoms with Gasteiger partial charge in [0.25, 0.3) is 0 Å². The molecule has 5 heteroatoms. The number of carboxylic acids is 1. The Hall–Kier alpha value is -2.95. The highest BCUT2D eigenvalue weighted by Crippen LogP contribution is 2.46. The highest BCUT2D eigenvalue weighted by molar-refractivity contribution is 6.00. The number of benzene rings is 2. The van der Waals surface area contributed by atoms with Crippen molar-refractivity contribution in [3.05, 3.63) is 59.2 Å². The number of aromatic hydroxyl groups is 1. The lowest BCUT2D eigenvalue weighted by Gasteiger charge is -2.33. The van der Waals surface area contributed by atoms with Crippen molar-refractivity contribution >= 4 is 16.7 Å². The van der Waals surface area contributed by atoms with Gasteiger partial charge in [0.05, 0.1) is 17.3 Å². The van der Waals surface area contributed by atoms with Crippen LogP contribution in [0.2, 0.25) is 0 Å². The summed E-state index contributed by atoms with van der Waals surface area (Å²) in [5, 5.41) is 21.1. The Morgan fingerprint density at radius 2 is 1.86 bits per heavy atom. The van der Waals surface area contributed by atoms with E-state index in [-0.39, 0.29) is 29.3 Å². The minimum atomic E-state index is -0.768. The van der Waals surface area contributed by atoms with Gasteiger partial charge in [-0.1, -0.05) is 19.9 Å². The van der Waals surface area contributed by atoms with Gasteiger partial charge < -0.3 is 10.2 Å². The molecule has 3 aromatic rings. The number of phenols is 1. The molecule has 29 heavy (non-hydrogen) atoms. The number of halogens is 1. The fourth-order valence-electron chi connectivity index (χ4n) is 4.22. The average Bonchev–Trinajstić information content (AvgIpc) is 2.62. The predicted molar refractivity (Wildman–Crippen MR) is 111 cm³/mol. The van der Waals surface area contributed by atoms with Crippen molar-refractivity contribution in [1.82, 2.24) is 4.98 Å². The maximum atomic E-state index is 13.9. The summed E-state index contributed by atoms with van der Waals surface area (Å²) < 4.78 is 13.9. The fraction of sp³-hybridized carbons (Fsp3) is 0.333. The largest absolute Gasteiger partial charge is 0.508 e. The molecule has 1 aliphatic rings. The van der Waals surface area contributed by atoms with E-state index < -0.39 is 5.97 Å². The Balaban J connectivity index is 1.96. The molecule has 1 heterocycles. The normalized spacial score (nSPS) is 18.8. The van der Waals surface area contributed by atoms with Crippen LogP contribution >= 0.6 is 0 Å². The SMILES string of the molecule is Cc1cc(-c2c(C(C)C)nc(C3CC(C(=O)O)C3)c3cc(O)ccc23)ccc1F. The van der Waals surface area contributed by atoms with Gasteiger partial charge in [0.15, 0.2) is 0 Å². The zero-order valence-electron chi connectivity index (χ0n) is 16.7. The third-order valence-electron chi connectivity index (χ3n) is 5.91. The molecule has 2 N–H and O–H groups in total. The molecule has 1 fully saturated rings. The Bertz CT molecular complexity index is 1120. The second-order valence-corrected chi connectivity index (χ2v) is 8.31. The molecule has 0 unspecified atom stereocenters. The zero-order chi connectivity index (χ0) is 20.9. The molecule has 0 atom stereocenters. The van der Waals surface area contributed by atoms with E-state index in [0.717, 1.165) is 33.3 Å². The maximum Gasteiger partial charge on any atom is 0.306 e. The molecule has 0 radical (unpaired) electrons. The van der Waals surface area contributed by atoms with Gasteiger partial charge in [-0.3, -0.25) is 9.78 Å². The number of carbonyl (C=O) groups is 1. The van der Waals surface area contributed by atoms with Gasteiger partial charge >= 0.3 is 5.97 Å². The predicted octanol–water partition coefficient (Wildman–Crippen LogP) is 5.76. The molecule has 1 saturated carbocycles. The minimum absolute atomic E-state index is 0.0573. The summed E-state index contributed by atoms with van der Waals surface area (Å²) >= 11 is 0. The van der Waals surface area contributed by atoms with E-state index in [1.807, 2.05) is 12.1 Å². The van der Waals surface area contributed by atoms with Crippen LogP contribution in [-0.4, -0.2) is 21.2 Å². The highest BCUT2D eigenvalue weighted by Gasteiger charge is 2.37. The van der Waals surface area contributed by atoms with Crippen LogP contribution in [0.5, 0.6) is 5.75 Å². The van der Waals surface area contributed by atoms with Gasteiger partial charge in [0, 0.05) is 16.9 Å². The number of fused-ring (bicyclic) bond motifs is 1. The molecule has 0 amide bonds. The van der Waals surface area contributed by atoms with Crippen LogP contribution in [0, 0.1) is 18.7 Å². The molecule has 0 aliphatic heterocycles. The smallest absolute Gasteiger partial charge is 0.306 e. The number of hydrogen-bond donors (Lipinski definition) is 2. The van der Waals surface area contributed by atoms with Gasteiger partial charge in [-0.2, -0.15) is 0 Å². The maximum absolute atomic E-state index is 13.9. The van der Waals surface area contributed by atoms with E-state index >= 15 is 0 Å². The molecule has 4 nitrogen and oxygen atoms in total. The molecule has 150 valence electrons.